The van der Waals surface area contributed by atoms with Gasteiger partial charge in [0.25, 0.3) is 11.8 Å². The van der Waals surface area contributed by atoms with Gasteiger partial charge >= 0.3 is 0 Å². The predicted octanol–water partition coefficient (Wildman–Crippen LogP) is 0.829. The minimum Gasteiger partial charge on any atom is -0.349 e. The number of nitrogens with zero attached hydrogens (tertiary/aromatic N) is 2. The van der Waals surface area contributed by atoms with Crippen LogP contribution >= 0.6 is 0 Å². The highest BCUT2D eigenvalue weighted by Gasteiger charge is 2.41. The first-order valence-electron chi connectivity index (χ1n) is 8.63. The molecule has 1 aromatic carbocycles. The molecule has 2 fully saturated rings. The van der Waals surface area contributed by atoms with Crippen LogP contribution in [-0.2, 0) is 19.5 Å². The van der Waals surface area contributed by atoms with E-state index in [0.717, 1.165) is 17.7 Å². The molecule has 140 valence electrons. The van der Waals surface area contributed by atoms with Crippen molar-refractivity contribution in [2.75, 3.05) is 26.8 Å². The number of sulfonamides is 1. The number of carbonyl (C=O) groups excluding carboxylic acids is 2. The lowest BCUT2D eigenvalue weighted by molar-refractivity contribution is -0.0913. The van der Waals surface area contributed by atoms with Gasteiger partial charge in [0, 0.05) is 13.6 Å². The lowest BCUT2D eigenvalue weighted by atomic mass is 10.0. The van der Waals surface area contributed by atoms with Gasteiger partial charge in [-0.05, 0) is 31.0 Å². The van der Waals surface area contributed by atoms with Crippen LogP contribution in [-0.4, -0.2) is 68.6 Å². The van der Waals surface area contributed by atoms with Gasteiger partial charge in [-0.15, -0.1) is 0 Å². The molecule has 4 rings (SSSR count). The third-order valence-corrected chi connectivity index (χ3v) is 7.05. The van der Waals surface area contributed by atoms with Crippen LogP contribution in [0.2, 0.25) is 0 Å². The van der Waals surface area contributed by atoms with E-state index in [1.165, 1.54) is 29.6 Å². The minimum atomic E-state index is -3.84. The Bertz CT molecular complexity index is 862. The van der Waals surface area contributed by atoms with Crippen molar-refractivity contribution in [2.24, 2.45) is 0 Å². The molecule has 0 aromatic heterocycles. The molecule has 3 aliphatic heterocycles. The van der Waals surface area contributed by atoms with E-state index in [-0.39, 0.29) is 22.1 Å². The van der Waals surface area contributed by atoms with E-state index < -0.39 is 28.1 Å². The second-order valence-electron chi connectivity index (χ2n) is 6.67. The number of amides is 2. The molecule has 2 saturated heterocycles. The molecule has 0 bridgehead atoms. The van der Waals surface area contributed by atoms with Crippen LogP contribution in [0.5, 0.6) is 0 Å². The predicted molar refractivity (Wildman–Crippen MR) is 90.1 cm³/mol. The van der Waals surface area contributed by atoms with Gasteiger partial charge in [0.15, 0.2) is 6.29 Å². The van der Waals surface area contributed by atoms with Gasteiger partial charge in [-0.2, -0.15) is 4.31 Å². The summed E-state index contributed by atoms with van der Waals surface area (Å²) in [5.74, 6) is -0.905. The van der Waals surface area contributed by atoms with Crippen LogP contribution in [0.1, 0.15) is 40.0 Å². The number of fused-ring (bicyclic) bond motifs is 1. The molecule has 0 spiro atoms. The second kappa shape index (κ2) is 6.41. The maximum atomic E-state index is 13.2. The van der Waals surface area contributed by atoms with Gasteiger partial charge < -0.3 is 9.47 Å². The molecule has 3 heterocycles. The number of ether oxygens (including phenoxy) is 2. The van der Waals surface area contributed by atoms with Gasteiger partial charge in [0.1, 0.15) is 0 Å². The number of carbonyl (C=O) groups is 2. The lowest BCUT2D eigenvalue weighted by Crippen LogP contribution is -2.50. The second-order valence-corrected chi connectivity index (χ2v) is 8.56. The monoisotopic (exact) mass is 380 g/mol. The zero-order valence-electron chi connectivity index (χ0n) is 14.4. The van der Waals surface area contributed by atoms with Crippen LogP contribution in [0.3, 0.4) is 0 Å². The van der Waals surface area contributed by atoms with Gasteiger partial charge in [-0.3, -0.25) is 14.5 Å². The average molecular weight is 380 g/mol. The highest BCUT2D eigenvalue weighted by atomic mass is 32.2. The Hall–Kier alpha value is -1.81. The molecule has 0 aliphatic carbocycles. The summed E-state index contributed by atoms with van der Waals surface area (Å²) in [4.78, 5) is 25.2. The van der Waals surface area contributed by atoms with Crippen molar-refractivity contribution < 1.29 is 27.5 Å². The number of hydrogen-bond acceptors (Lipinski definition) is 6. The van der Waals surface area contributed by atoms with Crippen molar-refractivity contribution in [1.82, 2.24) is 9.21 Å². The van der Waals surface area contributed by atoms with E-state index >= 15 is 0 Å². The fraction of sp³-hybridized carbons (Fsp3) is 0.529. The van der Waals surface area contributed by atoms with Gasteiger partial charge in [0.05, 0.1) is 35.3 Å². The number of benzene rings is 1. The molecule has 9 heteroatoms. The van der Waals surface area contributed by atoms with E-state index in [4.69, 9.17) is 9.47 Å². The highest BCUT2D eigenvalue weighted by Crippen LogP contribution is 2.32. The lowest BCUT2D eigenvalue weighted by Gasteiger charge is -2.36. The minimum absolute atomic E-state index is 0.0117. The van der Waals surface area contributed by atoms with Crippen molar-refractivity contribution in [1.29, 1.82) is 0 Å². The molecule has 1 unspecified atom stereocenters. The van der Waals surface area contributed by atoms with Gasteiger partial charge in [-0.1, -0.05) is 6.42 Å². The van der Waals surface area contributed by atoms with E-state index in [1.54, 1.807) is 0 Å². The summed E-state index contributed by atoms with van der Waals surface area (Å²) < 4.78 is 39.0. The Morgan fingerprint density at radius 2 is 1.73 bits per heavy atom. The average Bonchev–Trinajstić information content (AvgIpc) is 3.26. The van der Waals surface area contributed by atoms with E-state index in [9.17, 15) is 18.0 Å². The topological polar surface area (TPSA) is 93.2 Å². The fourth-order valence-corrected chi connectivity index (χ4v) is 5.44. The first kappa shape index (κ1) is 17.6. The third-order valence-electron chi connectivity index (χ3n) is 5.13. The fourth-order valence-electron chi connectivity index (χ4n) is 3.74. The molecular formula is C17H20N2O6S. The van der Waals surface area contributed by atoms with E-state index in [1.807, 2.05) is 0 Å². The molecular weight excluding hydrogens is 360 g/mol. The van der Waals surface area contributed by atoms with E-state index in [0.29, 0.717) is 26.2 Å². The number of imide groups is 1. The molecule has 8 nitrogen and oxygen atoms in total. The summed E-state index contributed by atoms with van der Waals surface area (Å²) in [6, 6.07) is 3.72. The van der Waals surface area contributed by atoms with Crippen LogP contribution in [0.15, 0.2) is 23.1 Å². The first-order chi connectivity index (χ1) is 12.4. The standard InChI is InChI=1S/C17H20N2O6S/c1-18-15(20)12-6-5-11(10-13(12)16(18)21)26(22,23)19-7-3-2-4-14(19)17-24-8-9-25-17/h5-6,10,14,17H,2-4,7-9H2,1H3. The van der Waals surface area contributed by atoms with Crippen molar-refractivity contribution in [2.45, 2.75) is 36.5 Å². The zero-order chi connectivity index (χ0) is 18.5. The quantitative estimate of drug-likeness (QED) is 0.721. The maximum absolute atomic E-state index is 13.2. The number of rotatable bonds is 3. The Morgan fingerprint density at radius 3 is 2.46 bits per heavy atom. The molecule has 2 amide bonds. The summed E-state index contributed by atoms with van der Waals surface area (Å²) >= 11 is 0. The zero-order valence-corrected chi connectivity index (χ0v) is 15.2. The van der Waals surface area contributed by atoms with Crippen LogP contribution in [0.4, 0.5) is 0 Å². The molecule has 0 radical (unpaired) electrons. The third kappa shape index (κ3) is 2.66. The number of hydrogen-bond donors (Lipinski definition) is 0. The highest BCUT2D eigenvalue weighted by molar-refractivity contribution is 7.89. The maximum Gasteiger partial charge on any atom is 0.261 e. The smallest absolute Gasteiger partial charge is 0.261 e. The summed E-state index contributed by atoms with van der Waals surface area (Å²) in [5, 5.41) is 0. The van der Waals surface area contributed by atoms with E-state index in [2.05, 4.69) is 0 Å². The molecule has 26 heavy (non-hydrogen) atoms. The van der Waals surface area contributed by atoms with Gasteiger partial charge in [-0.25, -0.2) is 8.42 Å². The molecule has 0 saturated carbocycles. The summed E-state index contributed by atoms with van der Waals surface area (Å²) in [6.07, 6.45) is 1.76. The largest absolute Gasteiger partial charge is 0.349 e. The molecule has 3 aliphatic rings. The Morgan fingerprint density at radius 1 is 1.04 bits per heavy atom. The van der Waals surface area contributed by atoms with Crippen molar-refractivity contribution in [3.05, 3.63) is 29.3 Å². The molecule has 1 atom stereocenters. The first-order valence-corrected chi connectivity index (χ1v) is 10.1. The SMILES string of the molecule is CN1C(=O)c2ccc(S(=O)(=O)N3CCCCC3C3OCCO3)cc2C1=O. The van der Waals surface area contributed by atoms with Crippen LogP contribution in [0.25, 0.3) is 0 Å². The Kier molecular flexibility index (Phi) is 4.34. The number of piperidine rings is 1. The van der Waals surface area contributed by atoms with Crippen molar-refractivity contribution >= 4 is 21.8 Å². The van der Waals surface area contributed by atoms with Crippen LogP contribution < -0.4 is 0 Å². The summed E-state index contributed by atoms with van der Waals surface area (Å²) in [7, 11) is -2.45. The summed E-state index contributed by atoms with van der Waals surface area (Å²) in [5.41, 5.74) is 0.356. The van der Waals surface area contributed by atoms with Gasteiger partial charge in [0.2, 0.25) is 10.0 Å². The Labute approximate surface area is 151 Å². The van der Waals surface area contributed by atoms with Crippen LogP contribution in [0, 0.1) is 0 Å². The normalized spacial score (nSPS) is 25.1. The molecule has 0 N–H and O–H groups in total. The molecule has 1 aromatic rings. The van der Waals surface area contributed by atoms with Crippen molar-refractivity contribution in [3.8, 4) is 0 Å². The summed E-state index contributed by atoms with van der Waals surface area (Å²) in [6.45, 7) is 1.29. The van der Waals surface area contributed by atoms with Crippen molar-refractivity contribution in [3.63, 3.8) is 0 Å². The Balaban J connectivity index is 1.70.